The molecule has 0 saturated heterocycles. The minimum Gasteiger partial charge on any atom is -0.487 e. The predicted molar refractivity (Wildman–Crippen MR) is 148 cm³/mol. The number of carboxylic acid groups (broad SMARTS) is 1. The molecular weight excluding hydrogens is 504 g/mol. The summed E-state index contributed by atoms with van der Waals surface area (Å²) in [6.45, 7) is 6.35. The normalized spacial score (nSPS) is 18.5. The van der Waals surface area contributed by atoms with Gasteiger partial charge in [-0.25, -0.2) is 0 Å². The van der Waals surface area contributed by atoms with Gasteiger partial charge in [0.2, 0.25) is 5.91 Å². The first kappa shape index (κ1) is 27.7. The van der Waals surface area contributed by atoms with E-state index >= 15 is 0 Å². The van der Waals surface area contributed by atoms with E-state index < -0.39 is 28.6 Å². The number of nitrogens with zero attached hydrogens (tertiary/aromatic N) is 1. The minimum absolute atomic E-state index is 0.142. The first-order valence-electron chi connectivity index (χ1n) is 12.5. The van der Waals surface area contributed by atoms with Crippen LogP contribution < -0.4 is 10.5 Å². The highest BCUT2D eigenvalue weighted by Gasteiger charge is 2.35. The van der Waals surface area contributed by atoms with Gasteiger partial charge in [0.25, 0.3) is 0 Å². The number of aryl methyl sites for hydroxylation is 2. The number of carboxylic acids is 1. The molecule has 2 atom stereocenters. The molecule has 1 aliphatic heterocycles. The third kappa shape index (κ3) is 5.71. The Labute approximate surface area is 224 Å². The maximum Gasteiger partial charge on any atom is 0.304 e. The number of nitrogens with two attached hydrogens (primary N) is 1. The van der Waals surface area contributed by atoms with Gasteiger partial charge in [0.15, 0.2) is 0 Å². The number of aliphatic carboxylic acids is 1. The van der Waals surface area contributed by atoms with E-state index in [0.29, 0.717) is 29.2 Å². The standard InChI is InChI=1S/C29H34N2O6S/c1-4-23-17-31(38(35,36)27-8-6-5-7-26(27)37-23)16-22-14-20(10-9-18(22)2)25(15-28(32)33)24-12-11-21(29(30)34)13-19(24)3/h5-14,23,25,35-36H,4,15-17H2,1-3H3,(H2,30,34)(H,32,33)/t23-,25?/m1/s1. The minimum atomic E-state index is -3.33. The van der Waals surface area contributed by atoms with Gasteiger partial charge in [-0.3, -0.25) is 18.7 Å². The number of carbonyl (C=O) groups excluding carboxylic acids is 1. The van der Waals surface area contributed by atoms with Crippen molar-refractivity contribution in [3.63, 3.8) is 0 Å². The van der Waals surface area contributed by atoms with Gasteiger partial charge in [0.05, 0.1) is 13.0 Å². The van der Waals surface area contributed by atoms with E-state index in [0.717, 1.165) is 27.8 Å². The van der Waals surface area contributed by atoms with Gasteiger partial charge in [0, 0.05) is 18.0 Å². The second-order valence-electron chi connectivity index (χ2n) is 9.71. The molecule has 1 amide bonds. The third-order valence-corrected chi connectivity index (χ3v) is 9.02. The summed E-state index contributed by atoms with van der Waals surface area (Å²) in [7, 11) is -3.33. The molecule has 38 heavy (non-hydrogen) atoms. The number of primary amides is 1. The van der Waals surface area contributed by atoms with E-state index in [1.807, 2.05) is 45.0 Å². The molecule has 0 aliphatic carbocycles. The fourth-order valence-electron chi connectivity index (χ4n) is 4.90. The van der Waals surface area contributed by atoms with Crippen LogP contribution >= 0.6 is 10.8 Å². The Balaban J connectivity index is 1.73. The van der Waals surface area contributed by atoms with Gasteiger partial charge >= 0.3 is 5.97 Å². The van der Waals surface area contributed by atoms with E-state index in [4.69, 9.17) is 10.5 Å². The molecule has 0 bridgehead atoms. The predicted octanol–water partition coefficient (Wildman–Crippen LogP) is 5.71. The van der Waals surface area contributed by atoms with Gasteiger partial charge in [-0.2, -0.15) is 4.31 Å². The van der Waals surface area contributed by atoms with E-state index in [2.05, 4.69) is 0 Å². The van der Waals surface area contributed by atoms with Gasteiger partial charge < -0.3 is 15.6 Å². The maximum atomic E-state index is 11.9. The molecule has 0 saturated carbocycles. The Morgan fingerprint density at radius 2 is 1.82 bits per heavy atom. The average molecular weight is 539 g/mol. The van der Waals surface area contributed by atoms with Crippen molar-refractivity contribution < 1.29 is 28.5 Å². The zero-order valence-corrected chi connectivity index (χ0v) is 22.6. The van der Waals surface area contributed by atoms with Crippen LogP contribution in [0.5, 0.6) is 5.75 Å². The van der Waals surface area contributed by atoms with E-state index in [1.165, 1.54) is 0 Å². The van der Waals surface area contributed by atoms with E-state index in [9.17, 15) is 23.8 Å². The fourth-order valence-corrected chi connectivity index (χ4v) is 6.52. The summed E-state index contributed by atoms with van der Waals surface area (Å²) < 4.78 is 30.5. The molecule has 1 heterocycles. The number of fused-ring (bicyclic) bond motifs is 1. The zero-order chi connectivity index (χ0) is 27.6. The van der Waals surface area contributed by atoms with Crippen LogP contribution in [0.3, 0.4) is 0 Å². The van der Waals surface area contributed by atoms with Crippen molar-refractivity contribution in [2.75, 3.05) is 6.54 Å². The van der Waals surface area contributed by atoms with Gasteiger partial charge in [-0.1, -0.05) is 43.3 Å². The van der Waals surface area contributed by atoms with E-state index in [1.54, 1.807) is 40.7 Å². The quantitative estimate of drug-likeness (QED) is 0.289. The zero-order valence-electron chi connectivity index (χ0n) is 21.8. The summed E-state index contributed by atoms with van der Waals surface area (Å²) >= 11 is 0. The average Bonchev–Trinajstić information content (AvgIpc) is 2.97. The third-order valence-electron chi connectivity index (χ3n) is 7.09. The Morgan fingerprint density at radius 1 is 1.08 bits per heavy atom. The van der Waals surface area contributed by atoms with Crippen LogP contribution in [-0.4, -0.2) is 43.0 Å². The van der Waals surface area contributed by atoms with Crippen LogP contribution in [-0.2, 0) is 11.3 Å². The molecule has 202 valence electrons. The first-order chi connectivity index (χ1) is 18.0. The SMILES string of the molecule is CC[C@@H]1CN(Cc2cc(C(CC(=O)O)c3ccc(C(N)=O)cc3C)ccc2C)S(O)(O)c2ccccc2O1. The lowest BCUT2D eigenvalue weighted by molar-refractivity contribution is -0.137. The first-order valence-corrected chi connectivity index (χ1v) is 14.0. The summed E-state index contributed by atoms with van der Waals surface area (Å²) in [6.07, 6.45) is 0.331. The molecule has 0 spiro atoms. The summed E-state index contributed by atoms with van der Waals surface area (Å²) in [5.41, 5.74) is 9.95. The van der Waals surface area contributed by atoms with Crippen molar-refractivity contribution >= 4 is 22.7 Å². The number of hydrogen-bond acceptors (Lipinski definition) is 6. The lowest BCUT2D eigenvalue weighted by atomic mass is 9.84. The molecule has 3 aromatic rings. The number of rotatable bonds is 8. The van der Waals surface area contributed by atoms with Gasteiger partial charge in [-0.15, -0.1) is 10.8 Å². The van der Waals surface area contributed by atoms with E-state index in [-0.39, 0.29) is 19.1 Å². The van der Waals surface area contributed by atoms with Crippen molar-refractivity contribution in [1.82, 2.24) is 4.31 Å². The molecule has 1 aliphatic rings. The van der Waals surface area contributed by atoms with Gasteiger partial charge in [0.1, 0.15) is 16.7 Å². The topological polar surface area (TPSA) is 133 Å². The highest BCUT2D eigenvalue weighted by Crippen LogP contribution is 2.57. The number of para-hydroxylation sites is 1. The van der Waals surface area contributed by atoms with Crippen LogP contribution in [0.15, 0.2) is 65.6 Å². The monoisotopic (exact) mass is 538 g/mol. The fraction of sp³-hybridized carbons (Fsp3) is 0.310. The van der Waals surface area contributed by atoms with Gasteiger partial charge in [-0.05, 0) is 72.4 Å². The van der Waals surface area contributed by atoms with Crippen molar-refractivity contribution in [3.05, 3.63) is 94.0 Å². The molecular formula is C29H34N2O6S. The molecule has 3 aromatic carbocycles. The van der Waals surface area contributed by atoms with Crippen molar-refractivity contribution in [1.29, 1.82) is 0 Å². The number of hydrogen-bond donors (Lipinski definition) is 4. The Hall–Kier alpha value is -3.37. The number of carbonyl (C=O) groups is 2. The maximum absolute atomic E-state index is 11.9. The van der Waals surface area contributed by atoms with Crippen LogP contribution in [0.1, 0.15) is 63.9 Å². The molecule has 0 radical (unpaired) electrons. The van der Waals surface area contributed by atoms with Crippen LogP contribution in [0.25, 0.3) is 0 Å². The van der Waals surface area contributed by atoms with Crippen molar-refractivity contribution in [3.8, 4) is 5.75 Å². The number of ether oxygens (including phenoxy) is 1. The molecule has 1 unspecified atom stereocenters. The summed E-state index contributed by atoms with van der Waals surface area (Å²) in [6, 6.07) is 17.8. The van der Waals surface area contributed by atoms with Crippen molar-refractivity contribution in [2.24, 2.45) is 5.73 Å². The second kappa shape index (κ2) is 11.2. The number of amides is 1. The van der Waals surface area contributed by atoms with Crippen LogP contribution in [0, 0.1) is 13.8 Å². The van der Waals surface area contributed by atoms with Crippen LogP contribution in [0.2, 0.25) is 0 Å². The molecule has 8 nitrogen and oxygen atoms in total. The molecule has 0 fully saturated rings. The Morgan fingerprint density at radius 3 is 2.47 bits per heavy atom. The molecule has 9 heteroatoms. The summed E-state index contributed by atoms with van der Waals surface area (Å²) in [4.78, 5) is 23.8. The molecule has 5 N–H and O–H groups in total. The Bertz CT molecular complexity index is 1360. The Kier molecular flexibility index (Phi) is 8.13. The van der Waals surface area contributed by atoms with Crippen LogP contribution in [0.4, 0.5) is 0 Å². The smallest absolute Gasteiger partial charge is 0.304 e. The second-order valence-corrected chi connectivity index (χ2v) is 11.7. The highest BCUT2D eigenvalue weighted by molar-refractivity contribution is 8.22. The largest absolute Gasteiger partial charge is 0.487 e. The van der Waals surface area contributed by atoms with Crippen molar-refractivity contribution in [2.45, 2.75) is 57.1 Å². The highest BCUT2D eigenvalue weighted by atomic mass is 32.3. The number of benzene rings is 3. The lowest BCUT2D eigenvalue weighted by Crippen LogP contribution is -2.34. The summed E-state index contributed by atoms with van der Waals surface area (Å²) in [5, 5.41) is 9.72. The summed E-state index contributed by atoms with van der Waals surface area (Å²) in [5.74, 6) is -1.48. The molecule has 4 rings (SSSR count). The lowest BCUT2D eigenvalue weighted by Gasteiger charge is -2.42. The molecule has 0 aromatic heterocycles.